The van der Waals surface area contributed by atoms with Gasteiger partial charge in [0.2, 0.25) is 0 Å². The lowest BCUT2D eigenvalue weighted by Crippen LogP contribution is -2.38. The highest BCUT2D eigenvalue weighted by Gasteiger charge is 2.11. The molecule has 0 aliphatic heterocycles. The molecule has 136 valence electrons. The molecule has 3 N–H and O–H groups in total. The van der Waals surface area contributed by atoms with E-state index in [0.29, 0.717) is 18.8 Å². The maximum Gasteiger partial charge on any atom is 0.287 e. The van der Waals surface area contributed by atoms with Crippen LogP contribution in [-0.2, 0) is 6.42 Å². The fourth-order valence-electron chi connectivity index (χ4n) is 2.26. The molecule has 1 amide bonds. The van der Waals surface area contributed by atoms with Crippen LogP contribution in [0.2, 0.25) is 0 Å². The van der Waals surface area contributed by atoms with E-state index in [9.17, 15) is 4.79 Å². The summed E-state index contributed by atoms with van der Waals surface area (Å²) in [5, 5.41) is 11.5. The van der Waals surface area contributed by atoms with Crippen molar-refractivity contribution in [2.24, 2.45) is 4.99 Å². The molecule has 0 saturated heterocycles. The van der Waals surface area contributed by atoms with Crippen LogP contribution in [0.4, 0.5) is 0 Å². The van der Waals surface area contributed by atoms with Crippen LogP contribution in [0.5, 0.6) is 0 Å². The molecule has 6 nitrogen and oxygen atoms in total. The molecule has 7 heteroatoms. The number of nitrogens with zero attached hydrogens (tertiary/aromatic N) is 1. The summed E-state index contributed by atoms with van der Waals surface area (Å²) in [5.41, 5.74) is 0.847. The quantitative estimate of drug-likeness (QED) is 0.364. The second kappa shape index (κ2) is 10.6. The zero-order valence-electron chi connectivity index (χ0n) is 14.8. The number of aryl methyl sites for hydroxylation is 1. The number of rotatable bonds is 9. The normalized spacial score (nSPS) is 11.4. The minimum atomic E-state index is -0.174. The third-order valence-electron chi connectivity index (χ3n) is 3.55. The lowest BCUT2D eigenvalue weighted by atomic mass is 10.2. The SMILES string of the molecule is CCNC(=NCCCNC(=O)c1occc1C)NCCc1cccs1. The van der Waals surface area contributed by atoms with Crippen molar-refractivity contribution in [2.45, 2.75) is 26.7 Å². The van der Waals surface area contributed by atoms with E-state index >= 15 is 0 Å². The van der Waals surface area contributed by atoms with Gasteiger partial charge in [0.25, 0.3) is 5.91 Å². The number of aliphatic imine (C=N–C) groups is 1. The number of carbonyl (C=O) groups is 1. The zero-order chi connectivity index (χ0) is 17.9. The average Bonchev–Trinajstić information content (AvgIpc) is 3.26. The monoisotopic (exact) mass is 362 g/mol. The molecule has 2 heterocycles. The largest absolute Gasteiger partial charge is 0.459 e. The van der Waals surface area contributed by atoms with Crippen LogP contribution >= 0.6 is 11.3 Å². The fourth-order valence-corrected chi connectivity index (χ4v) is 2.97. The molecule has 0 aliphatic rings. The maximum absolute atomic E-state index is 11.9. The summed E-state index contributed by atoms with van der Waals surface area (Å²) in [7, 11) is 0. The van der Waals surface area contributed by atoms with Gasteiger partial charge in [-0.1, -0.05) is 6.07 Å². The summed E-state index contributed by atoms with van der Waals surface area (Å²) < 4.78 is 5.17. The maximum atomic E-state index is 11.9. The molecule has 0 aliphatic carbocycles. The Morgan fingerprint density at radius 2 is 2.12 bits per heavy atom. The van der Waals surface area contributed by atoms with Crippen molar-refractivity contribution in [1.29, 1.82) is 0 Å². The van der Waals surface area contributed by atoms with Crippen LogP contribution in [0.15, 0.2) is 39.3 Å². The molecular formula is C18H26N4O2S. The number of furan rings is 1. The minimum Gasteiger partial charge on any atom is -0.459 e. The zero-order valence-corrected chi connectivity index (χ0v) is 15.6. The Balaban J connectivity index is 1.66. The molecule has 0 spiro atoms. The highest BCUT2D eigenvalue weighted by molar-refractivity contribution is 7.09. The first-order valence-electron chi connectivity index (χ1n) is 8.57. The van der Waals surface area contributed by atoms with Gasteiger partial charge in [-0.25, -0.2) is 0 Å². The van der Waals surface area contributed by atoms with Crippen LogP contribution in [0.25, 0.3) is 0 Å². The van der Waals surface area contributed by atoms with Gasteiger partial charge in [0, 0.05) is 36.6 Å². The van der Waals surface area contributed by atoms with Crippen LogP contribution < -0.4 is 16.0 Å². The first-order chi connectivity index (χ1) is 12.2. The van der Waals surface area contributed by atoms with Crippen LogP contribution in [0, 0.1) is 6.92 Å². The summed E-state index contributed by atoms with van der Waals surface area (Å²) in [6, 6.07) is 5.99. The molecule has 2 aromatic rings. The predicted molar refractivity (Wildman–Crippen MR) is 102 cm³/mol. The molecule has 0 saturated carbocycles. The van der Waals surface area contributed by atoms with E-state index < -0.39 is 0 Å². The molecule has 2 rings (SSSR count). The topological polar surface area (TPSA) is 78.7 Å². The van der Waals surface area contributed by atoms with Crippen molar-refractivity contribution in [3.8, 4) is 0 Å². The van der Waals surface area contributed by atoms with E-state index in [2.05, 4.69) is 38.5 Å². The van der Waals surface area contributed by atoms with Gasteiger partial charge >= 0.3 is 0 Å². The molecule has 2 aromatic heterocycles. The minimum absolute atomic E-state index is 0.174. The number of hydrogen-bond acceptors (Lipinski definition) is 4. The number of guanidine groups is 1. The van der Waals surface area contributed by atoms with Crippen LogP contribution in [0.1, 0.15) is 34.3 Å². The number of nitrogens with one attached hydrogen (secondary N) is 3. The Labute approximate surface area is 152 Å². The lowest BCUT2D eigenvalue weighted by Gasteiger charge is -2.11. The van der Waals surface area contributed by atoms with Crippen molar-refractivity contribution in [3.63, 3.8) is 0 Å². The van der Waals surface area contributed by atoms with Gasteiger partial charge in [-0.2, -0.15) is 0 Å². The molecule has 0 bridgehead atoms. The summed E-state index contributed by atoms with van der Waals surface area (Å²) in [6.07, 6.45) is 3.28. The lowest BCUT2D eigenvalue weighted by molar-refractivity contribution is 0.0925. The predicted octanol–water partition coefficient (Wildman–Crippen LogP) is 2.57. The van der Waals surface area contributed by atoms with Gasteiger partial charge in [-0.3, -0.25) is 9.79 Å². The summed E-state index contributed by atoms with van der Waals surface area (Å²) in [5.74, 6) is 1.02. The first kappa shape index (κ1) is 19.1. The van der Waals surface area contributed by atoms with E-state index in [-0.39, 0.29) is 5.91 Å². The van der Waals surface area contributed by atoms with Crippen LogP contribution in [0.3, 0.4) is 0 Å². The Kier molecular flexibility index (Phi) is 8.04. The van der Waals surface area contributed by atoms with Crippen molar-refractivity contribution < 1.29 is 9.21 Å². The van der Waals surface area contributed by atoms with Gasteiger partial charge < -0.3 is 20.4 Å². The third-order valence-corrected chi connectivity index (χ3v) is 4.48. The Bertz CT molecular complexity index is 664. The summed E-state index contributed by atoms with van der Waals surface area (Å²) in [6.45, 7) is 6.78. The first-order valence-corrected chi connectivity index (χ1v) is 9.45. The average molecular weight is 362 g/mol. The number of thiophene rings is 1. The van der Waals surface area contributed by atoms with Crippen molar-refractivity contribution in [2.75, 3.05) is 26.2 Å². The van der Waals surface area contributed by atoms with Gasteiger partial charge in [-0.05, 0) is 44.2 Å². The van der Waals surface area contributed by atoms with Gasteiger partial charge in [0.05, 0.1) is 6.26 Å². The van der Waals surface area contributed by atoms with Gasteiger partial charge in [-0.15, -0.1) is 11.3 Å². The summed E-state index contributed by atoms with van der Waals surface area (Å²) in [4.78, 5) is 17.8. The van der Waals surface area contributed by atoms with E-state index in [0.717, 1.165) is 37.5 Å². The molecular weight excluding hydrogens is 336 g/mol. The fraction of sp³-hybridized carbons (Fsp3) is 0.444. The number of carbonyl (C=O) groups excluding carboxylic acids is 1. The standard InChI is InChI=1S/C18H26N4O2S/c1-3-19-18(22-11-7-15-6-4-13-25-15)21-10-5-9-20-17(23)16-14(2)8-12-24-16/h4,6,8,12-13H,3,5,7,9-11H2,1-2H3,(H,20,23)(H2,19,21,22). The van der Waals surface area contributed by atoms with Crippen molar-refractivity contribution in [3.05, 3.63) is 46.0 Å². The van der Waals surface area contributed by atoms with Gasteiger partial charge in [0.15, 0.2) is 11.7 Å². The van der Waals surface area contributed by atoms with E-state index in [1.165, 1.54) is 11.1 Å². The van der Waals surface area contributed by atoms with E-state index in [4.69, 9.17) is 4.42 Å². The second-order valence-electron chi connectivity index (χ2n) is 5.56. The molecule has 25 heavy (non-hydrogen) atoms. The third kappa shape index (κ3) is 6.62. The number of hydrogen-bond donors (Lipinski definition) is 3. The highest BCUT2D eigenvalue weighted by Crippen LogP contribution is 2.08. The summed E-state index contributed by atoms with van der Waals surface area (Å²) >= 11 is 1.77. The van der Waals surface area contributed by atoms with Gasteiger partial charge in [0.1, 0.15) is 0 Å². The molecule has 0 atom stereocenters. The van der Waals surface area contributed by atoms with Crippen molar-refractivity contribution in [1.82, 2.24) is 16.0 Å². The smallest absolute Gasteiger partial charge is 0.287 e. The highest BCUT2D eigenvalue weighted by atomic mass is 32.1. The Morgan fingerprint density at radius 3 is 2.80 bits per heavy atom. The molecule has 0 fully saturated rings. The number of amides is 1. The Hall–Kier alpha value is -2.28. The van der Waals surface area contributed by atoms with Crippen molar-refractivity contribution >= 4 is 23.2 Å². The van der Waals surface area contributed by atoms with E-state index in [1.54, 1.807) is 17.4 Å². The van der Waals surface area contributed by atoms with E-state index in [1.807, 2.05) is 13.8 Å². The Morgan fingerprint density at radius 1 is 1.24 bits per heavy atom. The molecule has 0 aromatic carbocycles. The molecule has 0 radical (unpaired) electrons. The van der Waals surface area contributed by atoms with Crippen LogP contribution in [-0.4, -0.2) is 38.0 Å². The molecule has 0 unspecified atom stereocenters. The second-order valence-corrected chi connectivity index (χ2v) is 6.59.